The zero-order valence-electron chi connectivity index (χ0n) is 18.8. The Bertz CT molecular complexity index is 1180. The summed E-state index contributed by atoms with van der Waals surface area (Å²) < 4.78 is 15.7. The van der Waals surface area contributed by atoms with E-state index in [0.29, 0.717) is 17.5 Å². The third-order valence-corrected chi connectivity index (χ3v) is 5.87. The van der Waals surface area contributed by atoms with E-state index in [4.69, 9.17) is 0 Å². The molecule has 0 aliphatic rings. The van der Waals surface area contributed by atoms with E-state index in [-0.39, 0.29) is 17.2 Å². The summed E-state index contributed by atoms with van der Waals surface area (Å²) in [5.74, 6) is -0.686. The van der Waals surface area contributed by atoms with E-state index in [1.54, 1.807) is 23.6 Å². The maximum absolute atomic E-state index is 13.9. The molecule has 172 valence electrons. The van der Waals surface area contributed by atoms with Gasteiger partial charge in [0.15, 0.2) is 11.0 Å². The Labute approximate surface area is 196 Å². The van der Waals surface area contributed by atoms with Crippen LogP contribution in [0.2, 0.25) is 0 Å². The van der Waals surface area contributed by atoms with Crippen LogP contribution in [0.1, 0.15) is 40.3 Å². The van der Waals surface area contributed by atoms with Gasteiger partial charge in [-0.2, -0.15) is 0 Å². The third-order valence-electron chi connectivity index (χ3n) is 4.90. The van der Waals surface area contributed by atoms with Gasteiger partial charge in [-0.1, -0.05) is 47.7 Å². The zero-order chi connectivity index (χ0) is 24.0. The number of rotatable bonds is 9. The highest BCUT2D eigenvalue weighted by molar-refractivity contribution is 7.99. The molecule has 3 aromatic rings. The van der Waals surface area contributed by atoms with Gasteiger partial charge in [0.2, 0.25) is 5.91 Å². The van der Waals surface area contributed by atoms with Crippen LogP contribution >= 0.6 is 11.8 Å². The molecule has 1 atom stereocenters. The molecule has 0 aliphatic heterocycles. The summed E-state index contributed by atoms with van der Waals surface area (Å²) in [5.41, 5.74) is 2.84. The van der Waals surface area contributed by atoms with Gasteiger partial charge in [0.25, 0.3) is 5.91 Å². The fourth-order valence-corrected chi connectivity index (χ4v) is 4.04. The number of carbonyl (C=O) groups is 2. The molecule has 0 spiro atoms. The molecule has 2 amide bonds. The number of aromatic nitrogens is 3. The Hall–Kier alpha value is -3.46. The molecule has 3 rings (SSSR count). The van der Waals surface area contributed by atoms with Crippen LogP contribution in [0.15, 0.2) is 60.3 Å². The maximum atomic E-state index is 13.9. The van der Waals surface area contributed by atoms with Crippen molar-refractivity contribution in [2.45, 2.75) is 38.5 Å². The highest BCUT2D eigenvalue weighted by Crippen LogP contribution is 2.22. The van der Waals surface area contributed by atoms with Crippen molar-refractivity contribution < 1.29 is 14.0 Å². The Morgan fingerprint density at radius 1 is 1.21 bits per heavy atom. The molecule has 0 saturated carbocycles. The van der Waals surface area contributed by atoms with E-state index >= 15 is 0 Å². The van der Waals surface area contributed by atoms with Gasteiger partial charge >= 0.3 is 0 Å². The molecule has 33 heavy (non-hydrogen) atoms. The van der Waals surface area contributed by atoms with Crippen molar-refractivity contribution in [3.63, 3.8) is 0 Å². The van der Waals surface area contributed by atoms with Crippen LogP contribution in [0, 0.1) is 19.7 Å². The lowest BCUT2D eigenvalue weighted by Crippen LogP contribution is -2.29. The number of anilines is 1. The van der Waals surface area contributed by atoms with Gasteiger partial charge in [-0.05, 0) is 44.5 Å². The van der Waals surface area contributed by atoms with Gasteiger partial charge in [0.05, 0.1) is 17.4 Å². The lowest BCUT2D eigenvalue weighted by atomic mass is 10.1. The summed E-state index contributed by atoms with van der Waals surface area (Å²) in [6.07, 6.45) is 1.68. The van der Waals surface area contributed by atoms with E-state index in [0.717, 1.165) is 16.8 Å². The molecule has 2 aromatic carbocycles. The number of benzene rings is 2. The fourth-order valence-electron chi connectivity index (χ4n) is 3.28. The zero-order valence-corrected chi connectivity index (χ0v) is 19.6. The number of halogens is 1. The minimum atomic E-state index is -0.596. The lowest BCUT2D eigenvalue weighted by molar-refractivity contribution is -0.113. The molecule has 7 nitrogen and oxygen atoms in total. The number of amides is 2. The molecule has 9 heteroatoms. The van der Waals surface area contributed by atoms with Crippen LogP contribution in [-0.2, 0) is 11.3 Å². The second kappa shape index (κ2) is 10.9. The standard InChI is InChI=1S/C24H26FN5O2S/c1-5-12-30-22(17(4)26-23(32)18-8-6-7-9-19(18)25)28-29-24(30)33-14-21(31)27-20-11-10-15(2)13-16(20)3/h5-11,13,17H,1,12,14H2,2-4H3,(H,26,32)(H,27,31). The SMILES string of the molecule is C=CCn1c(SCC(=O)Nc2ccc(C)cc2C)nnc1C(C)NC(=O)c1ccccc1F. The number of nitrogens with zero attached hydrogens (tertiary/aromatic N) is 3. The van der Waals surface area contributed by atoms with E-state index in [1.807, 2.05) is 32.0 Å². The highest BCUT2D eigenvalue weighted by atomic mass is 32.2. The van der Waals surface area contributed by atoms with Crippen LogP contribution < -0.4 is 10.6 Å². The number of carbonyl (C=O) groups excluding carboxylic acids is 2. The number of hydrogen-bond donors (Lipinski definition) is 2. The molecular weight excluding hydrogens is 441 g/mol. The van der Waals surface area contributed by atoms with Crippen molar-refractivity contribution in [3.05, 3.63) is 83.5 Å². The number of hydrogen-bond acceptors (Lipinski definition) is 5. The minimum Gasteiger partial charge on any atom is -0.342 e. The summed E-state index contributed by atoms with van der Waals surface area (Å²) in [5, 5.41) is 14.6. The quantitative estimate of drug-likeness (QED) is 0.359. The number of nitrogens with one attached hydrogen (secondary N) is 2. The van der Waals surface area contributed by atoms with Crippen molar-refractivity contribution in [1.29, 1.82) is 0 Å². The lowest BCUT2D eigenvalue weighted by Gasteiger charge is -2.15. The van der Waals surface area contributed by atoms with Crippen molar-refractivity contribution in [2.24, 2.45) is 0 Å². The maximum Gasteiger partial charge on any atom is 0.254 e. The van der Waals surface area contributed by atoms with Gasteiger partial charge in [0.1, 0.15) is 5.82 Å². The monoisotopic (exact) mass is 467 g/mol. The first-order valence-electron chi connectivity index (χ1n) is 10.4. The van der Waals surface area contributed by atoms with Crippen LogP contribution in [0.5, 0.6) is 0 Å². The smallest absolute Gasteiger partial charge is 0.254 e. The molecule has 0 bridgehead atoms. The fraction of sp³-hybridized carbons (Fsp3) is 0.250. The Morgan fingerprint density at radius 2 is 1.97 bits per heavy atom. The van der Waals surface area contributed by atoms with Crippen molar-refractivity contribution >= 4 is 29.3 Å². The number of thioether (sulfide) groups is 1. The van der Waals surface area contributed by atoms with Gasteiger partial charge < -0.3 is 15.2 Å². The molecule has 1 aromatic heterocycles. The average molecular weight is 468 g/mol. The van der Waals surface area contributed by atoms with Crippen LogP contribution in [0.3, 0.4) is 0 Å². The molecular formula is C24H26FN5O2S. The summed E-state index contributed by atoms with van der Waals surface area (Å²) in [4.78, 5) is 24.9. The van der Waals surface area contributed by atoms with Crippen LogP contribution in [-0.4, -0.2) is 32.3 Å². The molecule has 0 radical (unpaired) electrons. The summed E-state index contributed by atoms with van der Waals surface area (Å²) in [6.45, 7) is 9.84. The Kier molecular flexibility index (Phi) is 8.00. The highest BCUT2D eigenvalue weighted by Gasteiger charge is 2.21. The van der Waals surface area contributed by atoms with Gasteiger partial charge in [-0.15, -0.1) is 16.8 Å². The molecule has 0 saturated heterocycles. The molecule has 2 N–H and O–H groups in total. The Balaban J connectivity index is 1.68. The van der Waals surface area contributed by atoms with Crippen molar-refractivity contribution in [3.8, 4) is 0 Å². The molecule has 1 heterocycles. The predicted molar refractivity (Wildman–Crippen MR) is 128 cm³/mol. The van der Waals surface area contributed by atoms with Gasteiger partial charge in [-0.25, -0.2) is 4.39 Å². The first-order valence-corrected chi connectivity index (χ1v) is 11.4. The Morgan fingerprint density at radius 3 is 2.67 bits per heavy atom. The topological polar surface area (TPSA) is 88.9 Å². The predicted octanol–water partition coefficient (Wildman–Crippen LogP) is 4.44. The largest absolute Gasteiger partial charge is 0.342 e. The van der Waals surface area contributed by atoms with Gasteiger partial charge in [0, 0.05) is 12.2 Å². The van der Waals surface area contributed by atoms with Gasteiger partial charge in [-0.3, -0.25) is 9.59 Å². The average Bonchev–Trinajstić information content (AvgIpc) is 3.17. The van der Waals surface area contributed by atoms with Crippen molar-refractivity contribution in [2.75, 3.05) is 11.1 Å². The number of allylic oxidation sites excluding steroid dienone is 1. The molecule has 0 aliphatic carbocycles. The van der Waals surface area contributed by atoms with Crippen LogP contribution in [0.25, 0.3) is 0 Å². The summed E-state index contributed by atoms with van der Waals surface area (Å²) in [7, 11) is 0. The normalized spacial score (nSPS) is 11.6. The minimum absolute atomic E-state index is 0.0446. The molecule has 0 fully saturated rings. The van der Waals surface area contributed by atoms with E-state index in [2.05, 4.69) is 27.4 Å². The summed E-state index contributed by atoms with van der Waals surface area (Å²) in [6, 6.07) is 11.1. The first kappa shape index (κ1) is 24.2. The second-order valence-electron chi connectivity index (χ2n) is 7.57. The first-order chi connectivity index (χ1) is 15.8. The van der Waals surface area contributed by atoms with E-state index in [1.165, 1.54) is 30.0 Å². The summed E-state index contributed by atoms with van der Waals surface area (Å²) >= 11 is 1.24. The van der Waals surface area contributed by atoms with E-state index in [9.17, 15) is 14.0 Å². The third kappa shape index (κ3) is 6.07. The van der Waals surface area contributed by atoms with E-state index < -0.39 is 17.8 Å². The second-order valence-corrected chi connectivity index (χ2v) is 8.51. The van der Waals surface area contributed by atoms with Crippen LogP contribution in [0.4, 0.5) is 10.1 Å². The van der Waals surface area contributed by atoms with Crippen molar-refractivity contribution in [1.82, 2.24) is 20.1 Å². The molecule has 1 unspecified atom stereocenters. The number of aryl methyl sites for hydroxylation is 2.